The third-order valence-electron chi connectivity index (χ3n) is 46.5. The maximum atomic E-state index is 15.8. The molecule has 0 radical (unpaired) electrons. The number of benzene rings is 12. The molecule has 6 heteroatoms. The van der Waals surface area contributed by atoms with Gasteiger partial charge in [-0.05, 0) is 479 Å². The molecule has 0 aliphatic heterocycles. The average molecular weight is 1400 g/mol. The molecule has 0 amide bonds. The van der Waals surface area contributed by atoms with Crippen LogP contribution < -0.4 is 10.4 Å². The Morgan fingerprint density at radius 2 is 0.771 bits per heavy atom. The van der Waals surface area contributed by atoms with Crippen molar-refractivity contribution in [3.63, 3.8) is 0 Å². The van der Waals surface area contributed by atoms with Crippen molar-refractivity contribution >= 4 is 171 Å². The summed E-state index contributed by atoms with van der Waals surface area (Å²) in [4.78, 5) is 47.4. The van der Waals surface area contributed by atoms with E-state index in [1.807, 2.05) is 16.7 Å². The zero-order valence-corrected chi connectivity index (χ0v) is 59.7. The molecule has 29 aliphatic rings. The Hall–Kier alpha value is -8.09. The molecule has 6 nitrogen and oxygen atoms in total. The van der Waals surface area contributed by atoms with Crippen molar-refractivity contribution in [2.75, 3.05) is 0 Å². The van der Waals surface area contributed by atoms with Crippen LogP contribution >= 0.6 is 0 Å². The third-order valence-corrected chi connectivity index (χ3v) is 46.5. The smallest absolute Gasteiger partial charge is 0.336 e. The lowest BCUT2D eigenvalue weighted by Gasteiger charge is -2.88. The molecule has 20 bridgehead atoms. The van der Waals surface area contributed by atoms with E-state index in [0.29, 0.717) is 159 Å². The van der Waals surface area contributed by atoms with E-state index in [0.717, 1.165) is 92.7 Å². The molecule has 109 heavy (non-hydrogen) atoms. The summed E-state index contributed by atoms with van der Waals surface area (Å²) in [5, 5.41) is 72.1. The van der Waals surface area contributed by atoms with E-state index in [1.165, 1.54) is 114 Å². The average Bonchev–Trinajstić information content (AvgIpc) is 0.600. The molecule has 12 aromatic carbocycles. The van der Waals surface area contributed by atoms with Gasteiger partial charge >= 0.3 is 17.9 Å². The number of rotatable bonds is 3. The van der Waals surface area contributed by atoms with Gasteiger partial charge in [0.1, 0.15) is 0 Å². The van der Waals surface area contributed by atoms with Crippen molar-refractivity contribution in [1.82, 2.24) is 0 Å². The highest BCUT2D eigenvalue weighted by molar-refractivity contribution is 6.60. The van der Waals surface area contributed by atoms with Gasteiger partial charge in [-0.1, -0.05) is 53.6 Å². The quantitative estimate of drug-likeness (QED) is 0.120. The SMILES string of the molecule is O=C(O)C1=C2C3c4c(c5c(C(=O)O)cc6c7c8c9c%10c%11c%12c%13c%14ccc%15c%16ccc%17c%18c%19c%20c(c4c4c5c6c9c5c%11c(c%13%15)c(c%18%16)c%20c45)C4=C5C%19[C@H]6C%17=CC[C@H]9[C@H]%11CC[C@H]%13[C@H]%15CC=C%14C%14C%12C%12=C%10C%10C8C(C(C(=O)O)C=7)[C@H]7CC[C@H]8[C@H]%16CC[C@@H]2[C@@H]2[C@H]%16[C@@H]%16[C@@H]%17[C@H]8[C@H]7[C@H]%10[C@@H]7[C@H]%12[C@H]([C@H]%14%15)[C@@H]8[C@H]%13[C@H]%11[C@@H]%10[C@@H]([C@H]5[C@@H]([C@H]%16[C@@H]%10[C@@H]8[C@H]%177)[C@@H]2[C@H]43)[C@H]96)=C1. The van der Waals surface area contributed by atoms with Crippen LogP contribution in [-0.4, -0.2) is 33.2 Å². The van der Waals surface area contributed by atoms with Crippen molar-refractivity contribution in [2.45, 2.75) is 75.0 Å². The highest BCUT2D eigenvalue weighted by Gasteiger charge is 2.89. The lowest BCUT2D eigenvalue weighted by atomic mass is 9.16. The van der Waals surface area contributed by atoms with Gasteiger partial charge in [0.25, 0.3) is 0 Å². The van der Waals surface area contributed by atoms with Crippen molar-refractivity contribution in [2.24, 2.45) is 225 Å². The van der Waals surface area contributed by atoms with Gasteiger partial charge in [-0.3, -0.25) is 4.79 Å². The highest BCUT2D eigenvalue weighted by Crippen LogP contribution is 2.95. The van der Waals surface area contributed by atoms with Crippen LogP contribution in [0.25, 0.3) is 153 Å². The Morgan fingerprint density at radius 1 is 0.321 bits per heavy atom. The van der Waals surface area contributed by atoms with Crippen LogP contribution in [-0.2, 0) is 9.59 Å². The van der Waals surface area contributed by atoms with Gasteiger partial charge < -0.3 is 15.3 Å². The molecule has 16 saturated carbocycles. The summed E-state index contributed by atoms with van der Waals surface area (Å²) in [6.45, 7) is 0. The van der Waals surface area contributed by atoms with Crippen LogP contribution in [0.1, 0.15) is 130 Å². The fourth-order valence-electron chi connectivity index (χ4n) is 48.0. The molecule has 8 unspecified atom stereocenters. The van der Waals surface area contributed by atoms with Gasteiger partial charge in [0.05, 0.1) is 17.1 Å². The maximum Gasteiger partial charge on any atom is 0.336 e. The van der Waals surface area contributed by atoms with Gasteiger partial charge in [0.2, 0.25) is 0 Å². The number of carboxylic acid groups (broad SMARTS) is 3. The summed E-state index contributed by atoms with van der Waals surface area (Å²) >= 11 is 0. The second-order valence-corrected chi connectivity index (χ2v) is 45.2. The van der Waals surface area contributed by atoms with Gasteiger partial charge in [-0.25, -0.2) is 9.59 Å². The topological polar surface area (TPSA) is 112 Å². The number of fused-ring (bicyclic) bond motifs is 10. The van der Waals surface area contributed by atoms with Crippen LogP contribution in [0.15, 0.2) is 64.8 Å². The van der Waals surface area contributed by atoms with Crippen LogP contribution in [0, 0.1) is 225 Å². The van der Waals surface area contributed by atoms with Crippen molar-refractivity contribution in [3.05, 3.63) is 125 Å². The molecule has 0 aromatic heterocycles. The molecule has 3 N–H and O–H groups in total. The minimum absolute atomic E-state index is 0.0268. The lowest BCUT2D eigenvalue weighted by molar-refractivity contribution is -0.384. The maximum absolute atomic E-state index is 15.8. The largest absolute Gasteiger partial charge is 0.481 e. The molecular formula is C103H70O6. The first-order valence-electron chi connectivity index (χ1n) is 44.9. The minimum atomic E-state index is -0.941. The number of carbonyl (C=O) groups is 3. The monoisotopic (exact) mass is 1400 g/mol. The summed E-state index contributed by atoms with van der Waals surface area (Å²) in [5.74, 6) is 18.8. The summed E-state index contributed by atoms with van der Waals surface area (Å²) in [7, 11) is 0. The number of aromatic carboxylic acids is 1. The van der Waals surface area contributed by atoms with Gasteiger partial charge in [0.15, 0.2) is 0 Å². The number of aliphatic carboxylic acids is 2. The zero-order chi connectivity index (χ0) is 67.7. The highest BCUT2D eigenvalue weighted by atomic mass is 16.4. The molecule has 0 heterocycles. The molecule has 41 rings (SSSR count). The van der Waals surface area contributed by atoms with Crippen LogP contribution in [0.5, 0.6) is 0 Å². The lowest BCUT2D eigenvalue weighted by Crippen LogP contribution is -2.84. The van der Waals surface area contributed by atoms with E-state index in [9.17, 15) is 15.3 Å². The van der Waals surface area contributed by atoms with E-state index in [1.54, 1.807) is 93.2 Å². The summed E-state index contributed by atoms with van der Waals surface area (Å²) in [6, 6.07) is 13.2. The Labute approximate surface area is 621 Å². The molecule has 0 saturated heterocycles. The van der Waals surface area contributed by atoms with Crippen LogP contribution in [0.4, 0.5) is 0 Å². The Kier molecular flexibility index (Phi) is 6.39. The zero-order valence-electron chi connectivity index (χ0n) is 59.7. The fourth-order valence-corrected chi connectivity index (χ4v) is 48.0. The molecule has 16 fully saturated rings. The number of allylic oxidation sites excluding steroid dienone is 9. The van der Waals surface area contributed by atoms with E-state index in [4.69, 9.17) is 0 Å². The van der Waals surface area contributed by atoms with E-state index in [2.05, 4.69) is 54.6 Å². The molecule has 0 spiro atoms. The van der Waals surface area contributed by atoms with Crippen LogP contribution in [0.2, 0.25) is 0 Å². The van der Waals surface area contributed by atoms with Crippen molar-refractivity contribution in [3.8, 4) is 0 Å². The first-order chi connectivity index (χ1) is 53.8. The summed E-state index contributed by atoms with van der Waals surface area (Å²) in [5.41, 5.74) is 26.0. The molecule has 12 aromatic rings. The molecule has 29 aliphatic carbocycles. The minimum Gasteiger partial charge on any atom is -0.481 e. The number of hydrogen-bond donors (Lipinski definition) is 3. The second kappa shape index (κ2) is 13.7. The van der Waals surface area contributed by atoms with E-state index in [-0.39, 0.29) is 41.4 Å². The van der Waals surface area contributed by atoms with Crippen molar-refractivity contribution in [1.29, 1.82) is 0 Å². The summed E-state index contributed by atoms with van der Waals surface area (Å²) in [6.07, 6.45) is 20.8. The Bertz CT molecular complexity index is 7670. The standard InChI is InChI=1S/C103H70O6/c104-101(105)35-15-32-33-16-36(102(106)107)40-34-17-37(103(108)109)39-31-14-12-29-28-11-13-30-38(35)58-55(32)75-76-56(33)60(40)80-77-57(34)59(39)79-74-54(31)52(29)72-71-51(28)53(30)73-78(58)98-90-68-48-25-8-5-20-18-1-2-19-21-6-9-27-24-7-10-26-23-4-3-22(25)43-44(23)66-69-50(26)47(24)67-70-49(27)46(21)64-62-42(19)41(18)61-63(45(20)48)85(90)93(73)88(71)81(61)82(62)89(72)94(74)86(64)91(70)99(79)97(77)87(67)92(69)100(80)96(76)84(66)83(65(43)68)95(75)98/h3-4,7-10,15-21,28-31,35,38,41-42,45-46,48-49,51-54,58-59,61-64,68,70-74,78-79,81-82,85-86,88-89,93-94H,1-2,5-6,11-14H2,(H,104,105)(H,106,107)(H,108,109)/t18-,19+,20+,21-,28-,29+,30+,31-,35?,38?,41+,42-,45-,46+,48?,49-,51+,52-,53-,54+,58?,59?,61-,62+,63+,64-,68?,70?,71-,72+,73+,74-,78?,79+,81+,82-,85-,86+,88-,89+,93+,94-/m0/s1. The first-order valence-corrected chi connectivity index (χ1v) is 44.9. The van der Waals surface area contributed by atoms with Crippen LogP contribution in [0.3, 0.4) is 0 Å². The number of carboxylic acids is 3. The first kappa shape index (κ1) is 50.7. The summed E-state index contributed by atoms with van der Waals surface area (Å²) < 4.78 is 0. The second-order valence-electron chi connectivity index (χ2n) is 45.2. The van der Waals surface area contributed by atoms with Gasteiger partial charge in [-0.15, -0.1) is 0 Å². The van der Waals surface area contributed by atoms with E-state index >= 15 is 14.4 Å². The molecule has 42 atom stereocenters. The predicted molar refractivity (Wildman–Crippen MR) is 414 cm³/mol. The third kappa shape index (κ3) is 3.79. The Balaban J connectivity index is 0.878. The van der Waals surface area contributed by atoms with E-state index < -0.39 is 23.8 Å². The van der Waals surface area contributed by atoms with Crippen molar-refractivity contribution < 1.29 is 29.7 Å². The molecule has 518 valence electrons. The Morgan fingerprint density at radius 3 is 1.38 bits per heavy atom. The van der Waals surface area contributed by atoms with Gasteiger partial charge in [-0.2, -0.15) is 0 Å². The fraction of sp³-hybridized carbons (Fsp3) is 0.485. The molecular weight excluding hydrogens is 1330 g/mol. The normalized spacial score (nSPS) is 53.0. The van der Waals surface area contributed by atoms with Gasteiger partial charge in [0, 0.05) is 28.5 Å². The predicted octanol–water partition coefficient (Wildman–Crippen LogP) is 18.3. The number of hydrogen-bond acceptors (Lipinski definition) is 3.